The van der Waals surface area contributed by atoms with Crippen LogP contribution in [0.15, 0.2) is 71.5 Å². The van der Waals surface area contributed by atoms with Gasteiger partial charge in [-0.1, -0.05) is 58.4 Å². The third-order valence-corrected chi connectivity index (χ3v) is 4.47. The summed E-state index contributed by atoms with van der Waals surface area (Å²) in [6.07, 6.45) is 4.89. The molecule has 1 heterocycles. The molecule has 128 valence electrons. The predicted molar refractivity (Wildman–Crippen MR) is 102 cm³/mol. The summed E-state index contributed by atoms with van der Waals surface area (Å²) in [4.78, 5) is 16.5. The molecular weight excluding hydrogens is 378 g/mol. The van der Waals surface area contributed by atoms with Gasteiger partial charge in [0.1, 0.15) is 5.82 Å². The molecule has 1 amide bonds. The van der Waals surface area contributed by atoms with Crippen LogP contribution in [0.1, 0.15) is 17.0 Å². The first-order chi connectivity index (χ1) is 12.2. The molecule has 0 aliphatic heterocycles. The number of carbonyl (C=O) groups is 1. The number of imidazole rings is 1. The Balaban J connectivity index is 1.48. The van der Waals surface area contributed by atoms with Crippen molar-refractivity contribution in [2.45, 2.75) is 19.4 Å². The second kappa shape index (κ2) is 8.62. The lowest BCUT2D eigenvalue weighted by Crippen LogP contribution is -2.28. The molecule has 0 bridgehead atoms. The SMILES string of the molecule is O=C(Cc1ccc(Br)cc1)NCCc1nccn1Cc1ccccc1. The van der Waals surface area contributed by atoms with Gasteiger partial charge in [0, 0.05) is 36.4 Å². The van der Waals surface area contributed by atoms with Gasteiger partial charge in [-0.3, -0.25) is 4.79 Å². The minimum atomic E-state index is 0.0310. The van der Waals surface area contributed by atoms with Crippen molar-refractivity contribution in [3.05, 3.63) is 88.4 Å². The van der Waals surface area contributed by atoms with Crippen molar-refractivity contribution < 1.29 is 4.79 Å². The molecule has 4 nitrogen and oxygen atoms in total. The van der Waals surface area contributed by atoms with Crippen LogP contribution >= 0.6 is 15.9 Å². The van der Waals surface area contributed by atoms with Gasteiger partial charge < -0.3 is 9.88 Å². The van der Waals surface area contributed by atoms with E-state index in [9.17, 15) is 4.79 Å². The van der Waals surface area contributed by atoms with Crippen molar-refractivity contribution in [2.75, 3.05) is 6.54 Å². The molecule has 0 unspecified atom stereocenters. The molecule has 0 radical (unpaired) electrons. The highest BCUT2D eigenvalue weighted by molar-refractivity contribution is 9.10. The van der Waals surface area contributed by atoms with Crippen molar-refractivity contribution in [2.24, 2.45) is 0 Å². The van der Waals surface area contributed by atoms with Gasteiger partial charge in [0.25, 0.3) is 0 Å². The van der Waals surface area contributed by atoms with Crippen molar-refractivity contribution in [1.29, 1.82) is 0 Å². The fourth-order valence-corrected chi connectivity index (χ4v) is 2.92. The average molecular weight is 398 g/mol. The molecule has 5 heteroatoms. The fraction of sp³-hybridized carbons (Fsp3) is 0.200. The van der Waals surface area contributed by atoms with E-state index in [-0.39, 0.29) is 5.91 Å². The van der Waals surface area contributed by atoms with Crippen LogP contribution < -0.4 is 5.32 Å². The Labute approximate surface area is 156 Å². The van der Waals surface area contributed by atoms with Crippen molar-refractivity contribution >= 4 is 21.8 Å². The van der Waals surface area contributed by atoms with Gasteiger partial charge in [0.15, 0.2) is 0 Å². The minimum absolute atomic E-state index is 0.0310. The lowest BCUT2D eigenvalue weighted by molar-refractivity contribution is -0.120. The Morgan fingerprint density at radius 1 is 1.04 bits per heavy atom. The normalized spacial score (nSPS) is 10.6. The van der Waals surface area contributed by atoms with E-state index >= 15 is 0 Å². The number of amides is 1. The molecule has 1 N–H and O–H groups in total. The Morgan fingerprint density at radius 3 is 2.56 bits per heavy atom. The smallest absolute Gasteiger partial charge is 0.224 e. The second-order valence-corrected chi connectivity index (χ2v) is 6.78. The zero-order chi connectivity index (χ0) is 17.5. The van der Waals surface area contributed by atoms with E-state index in [2.05, 4.69) is 42.9 Å². The number of benzene rings is 2. The molecule has 0 aliphatic carbocycles. The van der Waals surface area contributed by atoms with Crippen molar-refractivity contribution in [3.8, 4) is 0 Å². The Kier molecular flexibility index (Phi) is 6.01. The van der Waals surface area contributed by atoms with Crippen LogP contribution in [0.2, 0.25) is 0 Å². The molecule has 3 aromatic rings. The number of rotatable bonds is 7. The van der Waals surface area contributed by atoms with Crippen molar-refractivity contribution in [1.82, 2.24) is 14.9 Å². The van der Waals surface area contributed by atoms with Gasteiger partial charge >= 0.3 is 0 Å². The first-order valence-corrected chi connectivity index (χ1v) is 9.05. The highest BCUT2D eigenvalue weighted by atomic mass is 79.9. The zero-order valence-electron chi connectivity index (χ0n) is 13.9. The first kappa shape index (κ1) is 17.4. The van der Waals surface area contributed by atoms with E-state index in [0.29, 0.717) is 19.4 Å². The first-order valence-electron chi connectivity index (χ1n) is 8.26. The molecule has 0 saturated heterocycles. The van der Waals surface area contributed by atoms with Crippen LogP contribution in [-0.4, -0.2) is 22.0 Å². The largest absolute Gasteiger partial charge is 0.355 e. The van der Waals surface area contributed by atoms with E-state index in [4.69, 9.17) is 0 Å². The summed E-state index contributed by atoms with van der Waals surface area (Å²) in [7, 11) is 0. The quantitative estimate of drug-likeness (QED) is 0.661. The maximum Gasteiger partial charge on any atom is 0.224 e. The number of carbonyl (C=O) groups excluding carboxylic acids is 1. The van der Waals surface area contributed by atoms with Crippen LogP contribution in [0, 0.1) is 0 Å². The minimum Gasteiger partial charge on any atom is -0.355 e. The summed E-state index contributed by atoms with van der Waals surface area (Å²) in [6, 6.07) is 18.1. The topological polar surface area (TPSA) is 46.9 Å². The standard InChI is InChI=1S/C20H20BrN3O/c21-18-8-6-16(7-9-18)14-20(25)23-11-10-19-22-12-13-24(19)15-17-4-2-1-3-5-17/h1-9,12-13H,10-11,14-15H2,(H,23,25). The third-order valence-electron chi connectivity index (χ3n) is 3.95. The summed E-state index contributed by atoms with van der Waals surface area (Å²) in [5, 5.41) is 2.97. The highest BCUT2D eigenvalue weighted by Gasteiger charge is 2.06. The Bertz CT molecular complexity index is 812. The van der Waals surface area contributed by atoms with Crippen LogP contribution in [0.4, 0.5) is 0 Å². The van der Waals surface area contributed by atoms with Gasteiger partial charge in [-0.25, -0.2) is 4.98 Å². The zero-order valence-corrected chi connectivity index (χ0v) is 15.4. The molecule has 0 saturated carbocycles. The van der Waals surface area contributed by atoms with E-state index in [0.717, 1.165) is 22.4 Å². The molecule has 1 aromatic heterocycles. The molecule has 25 heavy (non-hydrogen) atoms. The van der Waals surface area contributed by atoms with E-state index < -0.39 is 0 Å². The number of nitrogens with zero attached hydrogens (tertiary/aromatic N) is 2. The third kappa shape index (κ3) is 5.29. The lowest BCUT2D eigenvalue weighted by atomic mass is 10.1. The van der Waals surface area contributed by atoms with Crippen molar-refractivity contribution in [3.63, 3.8) is 0 Å². The number of nitrogens with one attached hydrogen (secondary N) is 1. The van der Waals surface area contributed by atoms with Gasteiger partial charge in [-0.05, 0) is 23.3 Å². The van der Waals surface area contributed by atoms with Gasteiger partial charge in [-0.2, -0.15) is 0 Å². The van der Waals surface area contributed by atoms with E-state index in [1.54, 1.807) is 0 Å². The monoisotopic (exact) mass is 397 g/mol. The van der Waals surface area contributed by atoms with Crippen LogP contribution in [0.25, 0.3) is 0 Å². The van der Waals surface area contributed by atoms with Crippen LogP contribution in [-0.2, 0) is 24.2 Å². The Morgan fingerprint density at radius 2 is 1.80 bits per heavy atom. The maximum absolute atomic E-state index is 12.1. The van der Waals surface area contributed by atoms with E-state index in [1.165, 1.54) is 5.56 Å². The summed E-state index contributed by atoms with van der Waals surface area (Å²) in [5.41, 5.74) is 2.24. The predicted octanol–water partition coefficient (Wildman–Crippen LogP) is 3.60. The number of hydrogen-bond acceptors (Lipinski definition) is 2. The van der Waals surface area contributed by atoms with Crippen LogP contribution in [0.5, 0.6) is 0 Å². The molecule has 0 spiro atoms. The summed E-state index contributed by atoms with van der Waals surface area (Å²) < 4.78 is 3.14. The Hall–Kier alpha value is -2.40. The van der Waals surface area contributed by atoms with Gasteiger partial charge in [-0.15, -0.1) is 0 Å². The van der Waals surface area contributed by atoms with Gasteiger partial charge in [0.2, 0.25) is 5.91 Å². The summed E-state index contributed by atoms with van der Waals surface area (Å²) >= 11 is 3.40. The highest BCUT2D eigenvalue weighted by Crippen LogP contribution is 2.11. The lowest BCUT2D eigenvalue weighted by Gasteiger charge is -2.09. The van der Waals surface area contributed by atoms with Gasteiger partial charge in [0.05, 0.1) is 6.42 Å². The molecule has 3 rings (SSSR count). The molecule has 0 fully saturated rings. The average Bonchev–Trinajstić information content (AvgIpc) is 3.05. The fourth-order valence-electron chi connectivity index (χ4n) is 2.66. The molecule has 2 aromatic carbocycles. The maximum atomic E-state index is 12.1. The second-order valence-electron chi connectivity index (χ2n) is 5.86. The number of hydrogen-bond donors (Lipinski definition) is 1. The molecule has 0 atom stereocenters. The summed E-state index contributed by atoms with van der Waals surface area (Å²) in [6.45, 7) is 1.38. The number of halogens is 1. The van der Waals surface area contributed by atoms with E-state index in [1.807, 2.05) is 54.9 Å². The summed E-state index contributed by atoms with van der Waals surface area (Å²) in [5.74, 6) is 1.01. The van der Waals surface area contributed by atoms with Crippen LogP contribution in [0.3, 0.4) is 0 Å². The molecular formula is C20H20BrN3O. The number of aromatic nitrogens is 2. The molecule has 0 aliphatic rings.